The molecule has 1 amide bonds. The molecular weight excluding hydrogens is 340 g/mol. The number of aromatic nitrogens is 3. The average molecular weight is 358 g/mol. The summed E-state index contributed by atoms with van der Waals surface area (Å²) in [6.45, 7) is 4.06. The van der Waals surface area contributed by atoms with E-state index in [4.69, 9.17) is 0 Å². The summed E-state index contributed by atoms with van der Waals surface area (Å²) in [5, 5.41) is 6.32. The molecule has 3 aromatic rings. The number of nitrogens with zero attached hydrogens (tertiary/aromatic N) is 3. The average Bonchev–Trinajstić information content (AvgIpc) is 3.20. The normalized spacial score (nSPS) is 10.8. The van der Waals surface area contributed by atoms with Gasteiger partial charge in [0.15, 0.2) is 5.13 Å². The van der Waals surface area contributed by atoms with E-state index >= 15 is 0 Å². The van der Waals surface area contributed by atoms with Gasteiger partial charge in [-0.1, -0.05) is 13.3 Å². The van der Waals surface area contributed by atoms with Crippen LogP contribution in [0.4, 0.5) is 5.13 Å². The van der Waals surface area contributed by atoms with Crippen LogP contribution in [0.5, 0.6) is 0 Å². The Labute approximate surface area is 148 Å². The van der Waals surface area contributed by atoms with Crippen LogP contribution in [0.2, 0.25) is 0 Å². The zero-order valence-corrected chi connectivity index (χ0v) is 15.2. The molecule has 124 valence electrons. The summed E-state index contributed by atoms with van der Waals surface area (Å²) in [5.74, 6) is -0.126. The lowest BCUT2D eigenvalue weighted by Crippen LogP contribution is -2.12. The molecule has 0 aliphatic carbocycles. The third kappa shape index (κ3) is 3.85. The molecule has 0 spiro atoms. The summed E-state index contributed by atoms with van der Waals surface area (Å²) < 4.78 is 0. The second kappa shape index (κ2) is 7.63. The molecule has 0 saturated carbocycles. The van der Waals surface area contributed by atoms with Crippen molar-refractivity contribution in [3.05, 3.63) is 45.5 Å². The van der Waals surface area contributed by atoms with E-state index in [2.05, 4.69) is 27.2 Å². The van der Waals surface area contributed by atoms with Crippen molar-refractivity contribution in [2.24, 2.45) is 0 Å². The molecule has 3 aromatic heterocycles. The summed E-state index contributed by atoms with van der Waals surface area (Å²) in [7, 11) is 0. The van der Waals surface area contributed by atoms with Gasteiger partial charge >= 0.3 is 0 Å². The molecule has 1 N–H and O–H groups in total. The van der Waals surface area contributed by atoms with Crippen LogP contribution in [-0.4, -0.2) is 20.9 Å². The summed E-state index contributed by atoms with van der Waals surface area (Å²) in [6.07, 6.45) is 6.44. The summed E-state index contributed by atoms with van der Waals surface area (Å²) >= 11 is 2.85. The summed E-state index contributed by atoms with van der Waals surface area (Å²) in [6, 6.07) is 3.82. The van der Waals surface area contributed by atoms with E-state index in [1.165, 1.54) is 22.7 Å². The van der Waals surface area contributed by atoms with Crippen molar-refractivity contribution in [3.8, 4) is 11.3 Å². The van der Waals surface area contributed by atoms with E-state index in [9.17, 15) is 4.79 Å². The van der Waals surface area contributed by atoms with Crippen LogP contribution in [0.25, 0.3) is 11.3 Å². The highest BCUT2D eigenvalue weighted by Crippen LogP contribution is 2.26. The fourth-order valence-corrected chi connectivity index (χ4v) is 3.87. The number of aryl methyl sites for hydroxylation is 2. The SMILES string of the molecule is CCCCc1nc(C)sc1C(=O)Nc1nc(-c2cccnc2)cs1. The van der Waals surface area contributed by atoms with Crippen molar-refractivity contribution >= 4 is 33.7 Å². The van der Waals surface area contributed by atoms with Crippen LogP contribution in [0.15, 0.2) is 29.9 Å². The predicted octanol–water partition coefficient (Wildman–Crippen LogP) is 4.56. The first-order valence-electron chi connectivity index (χ1n) is 7.81. The molecule has 24 heavy (non-hydrogen) atoms. The Morgan fingerprint density at radius 3 is 2.96 bits per heavy atom. The van der Waals surface area contributed by atoms with E-state index in [0.29, 0.717) is 10.0 Å². The zero-order valence-electron chi connectivity index (χ0n) is 13.6. The number of thiazole rings is 2. The lowest BCUT2D eigenvalue weighted by Gasteiger charge is -2.02. The van der Waals surface area contributed by atoms with Crippen molar-refractivity contribution < 1.29 is 4.79 Å². The van der Waals surface area contributed by atoms with Crippen LogP contribution in [0, 0.1) is 6.92 Å². The minimum absolute atomic E-state index is 0.126. The van der Waals surface area contributed by atoms with Crippen LogP contribution in [-0.2, 0) is 6.42 Å². The fraction of sp³-hybridized carbons (Fsp3) is 0.294. The zero-order chi connectivity index (χ0) is 16.9. The van der Waals surface area contributed by atoms with E-state index in [0.717, 1.165) is 41.2 Å². The maximum atomic E-state index is 12.6. The molecule has 0 saturated heterocycles. The van der Waals surface area contributed by atoms with Crippen molar-refractivity contribution in [1.82, 2.24) is 15.0 Å². The molecule has 0 bridgehead atoms. The fourth-order valence-electron chi connectivity index (χ4n) is 2.29. The number of pyridine rings is 1. The highest BCUT2D eigenvalue weighted by molar-refractivity contribution is 7.15. The minimum atomic E-state index is -0.126. The van der Waals surface area contributed by atoms with Gasteiger partial charge in [-0.15, -0.1) is 22.7 Å². The van der Waals surface area contributed by atoms with Crippen molar-refractivity contribution in [2.75, 3.05) is 5.32 Å². The lowest BCUT2D eigenvalue weighted by atomic mass is 10.2. The minimum Gasteiger partial charge on any atom is -0.297 e. The monoisotopic (exact) mass is 358 g/mol. The Balaban J connectivity index is 1.75. The van der Waals surface area contributed by atoms with Gasteiger partial charge in [-0.05, 0) is 31.9 Å². The highest BCUT2D eigenvalue weighted by Gasteiger charge is 2.18. The number of carbonyl (C=O) groups excluding carboxylic acids is 1. The van der Waals surface area contributed by atoms with E-state index in [1.807, 2.05) is 24.4 Å². The first kappa shape index (κ1) is 16.7. The third-order valence-corrected chi connectivity index (χ3v) is 5.23. The van der Waals surface area contributed by atoms with Gasteiger partial charge in [0.05, 0.1) is 16.4 Å². The maximum Gasteiger partial charge on any atom is 0.269 e. The number of unbranched alkanes of at least 4 members (excludes halogenated alkanes) is 1. The molecule has 0 fully saturated rings. The second-order valence-corrected chi connectivity index (χ2v) is 7.41. The van der Waals surface area contributed by atoms with Gasteiger partial charge in [0, 0.05) is 23.3 Å². The summed E-state index contributed by atoms with van der Waals surface area (Å²) in [5.41, 5.74) is 2.64. The molecule has 7 heteroatoms. The Bertz CT molecular complexity index is 826. The van der Waals surface area contributed by atoms with Gasteiger partial charge in [-0.2, -0.15) is 0 Å². The van der Waals surface area contributed by atoms with Gasteiger partial charge in [-0.3, -0.25) is 15.1 Å². The van der Waals surface area contributed by atoms with Gasteiger partial charge in [0.2, 0.25) is 0 Å². The number of anilines is 1. The topological polar surface area (TPSA) is 67.8 Å². The lowest BCUT2D eigenvalue weighted by molar-refractivity contribution is 0.102. The molecule has 0 aliphatic heterocycles. The quantitative estimate of drug-likeness (QED) is 0.701. The number of hydrogen-bond acceptors (Lipinski definition) is 6. The number of hydrogen-bond donors (Lipinski definition) is 1. The maximum absolute atomic E-state index is 12.6. The molecular formula is C17H18N4OS2. The van der Waals surface area contributed by atoms with Gasteiger partial charge < -0.3 is 0 Å². The summed E-state index contributed by atoms with van der Waals surface area (Å²) in [4.78, 5) is 26.3. The predicted molar refractivity (Wildman–Crippen MR) is 98.8 cm³/mol. The Morgan fingerprint density at radius 1 is 1.33 bits per heavy atom. The van der Waals surface area contributed by atoms with Crippen LogP contribution >= 0.6 is 22.7 Å². The molecule has 5 nitrogen and oxygen atoms in total. The molecule has 0 aromatic carbocycles. The number of rotatable bonds is 6. The van der Waals surface area contributed by atoms with Gasteiger partial charge in [0.1, 0.15) is 4.88 Å². The smallest absolute Gasteiger partial charge is 0.269 e. The molecule has 0 aliphatic rings. The van der Waals surface area contributed by atoms with Crippen LogP contribution < -0.4 is 5.32 Å². The standard InChI is InChI=1S/C17H18N4OS2/c1-3-4-7-13-15(24-11(2)19-13)16(22)21-17-20-14(10-23-17)12-6-5-8-18-9-12/h5-6,8-10H,3-4,7H2,1-2H3,(H,20,21,22). The first-order chi connectivity index (χ1) is 11.7. The molecule has 0 atom stereocenters. The van der Waals surface area contributed by atoms with Crippen LogP contribution in [0.1, 0.15) is 40.1 Å². The Morgan fingerprint density at radius 2 is 2.21 bits per heavy atom. The molecule has 0 unspecified atom stereocenters. The molecule has 0 radical (unpaired) electrons. The Kier molecular flexibility index (Phi) is 5.32. The van der Waals surface area contributed by atoms with E-state index in [1.54, 1.807) is 12.4 Å². The second-order valence-electron chi connectivity index (χ2n) is 5.35. The van der Waals surface area contributed by atoms with Crippen molar-refractivity contribution in [1.29, 1.82) is 0 Å². The van der Waals surface area contributed by atoms with E-state index in [-0.39, 0.29) is 5.91 Å². The van der Waals surface area contributed by atoms with Gasteiger partial charge in [-0.25, -0.2) is 9.97 Å². The number of carbonyl (C=O) groups is 1. The van der Waals surface area contributed by atoms with Gasteiger partial charge in [0.25, 0.3) is 5.91 Å². The molecule has 3 rings (SSSR count). The first-order valence-corrected chi connectivity index (χ1v) is 9.50. The largest absolute Gasteiger partial charge is 0.297 e. The van der Waals surface area contributed by atoms with Crippen molar-refractivity contribution in [3.63, 3.8) is 0 Å². The van der Waals surface area contributed by atoms with Crippen LogP contribution in [0.3, 0.4) is 0 Å². The molecule has 3 heterocycles. The Hall–Kier alpha value is -2.12. The van der Waals surface area contributed by atoms with E-state index < -0.39 is 0 Å². The third-order valence-electron chi connectivity index (χ3n) is 3.46. The number of amides is 1. The van der Waals surface area contributed by atoms with Crippen molar-refractivity contribution in [2.45, 2.75) is 33.1 Å². The highest BCUT2D eigenvalue weighted by atomic mass is 32.1. The number of nitrogens with one attached hydrogen (secondary N) is 1.